The zero-order valence-electron chi connectivity index (χ0n) is 11.3. The van der Waals surface area contributed by atoms with E-state index in [9.17, 15) is 9.59 Å². The molecule has 1 atom stereocenters. The van der Waals surface area contributed by atoms with Gasteiger partial charge in [0, 0.05) is 25.1 Å². The molecule has 0 unspecified atom stereocenters. The van der Waals surface area contributed by atoms with Gasteiger partial charge in [-0.2, -0.15) is 15.4 Å². The Morgan fingerprint density at radius 3 is 3.05 bits per heavy atom. The number of carbonyl (C=O) groups excluding carboxylic acids is 2. The van der Waals surface area contributed by atoms with E-state index >= 15 is 0 Å². The summed E-state index contributed by atoms with van der Waals surface area (Å²) < 4.78 is 0. The van der Waals surface area contributed by atoms with Gasteiger partial charge in [0.1, 0.15) is 0 Å². The summed E-state index contributed by atoms with van der Waals surface area (Å²) in [5.41, 5.74) is 2.36. The van der Waals surface area contributed by atoms with Crippen LogP contribution in [0.4, 0.5) is 5.69 Å². The number of fused-ring (bicyclic) bond motifs is 1. The molecule has 0 aliphatic carbocycles. The van der Waals surface area contributed by atoms with E-state index in [1.165, 1.54) is 0 Å². The van der Waals surface area contributed by atoms with E-state index in [1.807, 2.05) is 24.3 Å². The first-order valence-electron chi connectivity index (χ1n) is 6.75. The second-order valence-corrected chi connectivity index (χ2v) is 4.89. The third-order valence-corrected chi connectivity index (χ3v) is 3.46. The Bertz CT molecular complexity index is 653. The van der Waals surface area contributed by atoms with Gasteiger partial charge in [-0.1, -0.05) is 18.2 Å². The maximum atomic E-state index is 12.3. The molecule has 0 radical (unpaired) electrons. The van der Waals surface area contributed by atoms with E-state index < -0.39 is 5.92 Å². The molecular formula is C14H15N5O2. The lowest BCUT2D eigenvalue weighted by Crippen LogP contribution is -2.35. The van der Waals surface area contributed by atoms with Crippen LogP contribution in [0, 0.1) is 0 Å². The van der Waals surface area contributed by atoms with Gasteiger partial charge in [-0.15, -0.1) is 0 Å². The van der Waals surface area contributed by atoms with Crippen LogP contribution >= 0.6 is 0 Å². The molecule has 2 heterocycles. The fraction of sp³-hybridized carbons (Fsp3) is 0.286. The van der Waals surface area contributed by atoms with Gasteiger partial charge >= 0.3 is 0 Å². The van der Waals surface area contributed by atoms with Crippen molar-refractivity contribution in [3.05, 3.63) is 41.7 Å². The smallest absolute Gasteiger partial charge is 0.228 e. The molecule has 2 aromatic rings. The lowest BCUT2D eigenvalue weighted by molar-refractivity contribution is -0.126. The molecule has 0 saturated carbocycles. The highest BCUT2D eigenvalue weighted by Crippen LogP contribution is 2.31. The van der Waals surface area contributed by atoms with Crippen LogP contribution < -0.4 is 10.6 Å². The Labute approximate surface area is 121 Å². The van der Waals surface area contributed by atoms with Crippen LogP contribution in [0.1, 0.15) is 23.6 Å². The molecule has 2 amide bonds. The lowest BCUT2D eigenvalue weighted by Gasteiger charge is -2.24. The number of anilines is 1. The Hall–Kier alpha value is -2.70. The van der Waals surface area contributed by atoms with Crippen LogP contribution in [0.3, 0.4) is 0 Å². The molecule has 1 aliphatic heterocycles. The third kappa shape index (κ3) is 2.91. The summed E-state index contributed by atoms with van der Waals surface area (Å²) in [5, 5.41) is 15.8. The molecule has 21 heavy (non-hydrogen) atoms. The normalized spacial score (nSPS) is 17.0. The molecule has 1 aromatic heterocycles. The fourth-order valence-corrected chi connectivity index (χ4v) is 2.43. The van der Waals surface area contributed by atoms with Crippen molar-refractivity contribution < 1.29 is 9.59 Å². The van der Waals surface area contributed by atoms with Crippen LogP contribution in [0.15, 0.2) is 30.5 Å². The van der Waals surface area contributed by atoms with Crippen LogP contribution in [0.5, 0.6) is 0 Å². The first-order chi connectivity index (χ1) is 10.2. The van der Waals surface area contributed by atoms with E-state index in [0.717, 1.165) is 11.3 Å². The van der Waals surface area contributed by atoms with Crippen molar-refractivity contribution in [3.63, 3.8) is 0 Å². The number of aromatic amines is 1. The summed E-state index contributed by atoms with van der Waals surface area (Å²) in [6.07, 6.45) is 2.39. The number of hydrogen-bond acceptors (Lipinski definition) is 4. The summed E-state index contributed by atoms with van der Waals surface area (Å²) in [7, 11) is 0. The lowest BCUT2D eigenvalue weighted by atomic mass is 9.90. The van der Waals surface area contributed by atoms with Crippen molar-refractivity contribution >= 4 is 17.5 Å². The Morgan fingerprint density at radius 1 is 1.38 bits per heavy atom. The zero-order chi connectivity index (χ0) is 14.7. The van der Waals surface area contributed by atoms with E-state index in [0.29, 0.717) is 18.7 Å². The predicted octanol–water partition coefficient (Wildman–Crippen LogP) is 0.589. The van der Waals surface area contributed by atoms with Crippen LogP contribution in [-0.2, 0) is 16.0 Å². The third-order valence-electron chi connectivity index (χ3n) is 3.46. The number of benzene rings is 1. The molecule has 108 valence electrons. The minimum Gasteiger partial charge on any atom is -0.355 e. The summed E-state index contributed by atoms with van der Waals surface area (Å²) in [6.45, 7) is 0.464. The van der Waals surface area contributed by atoms with E-state index in [2.05, 4.69) is 26.0 Å². The highest BCUT2D eigenvalue weighted by atomic mass is 16.2. The molecule has 3 N–H and O–H groups in total. The molecular weight excluding hydrogens is 270 g/mol. The second-order valence-electron chi connectivity index (χ2n) is 4.89. The van der Waals surface area contributed by atoms with Gasteiger partial charge in [-0.3, -0.25) is 9.59 Å². The average Bonchev–Trinajstić information content (AvgIpc) is 2.99. The van der Waals surface area contributed by atoms with Gasteiger partial charge in [0.2, 0.25) is 11.8 Å². The molecule has 0 bridgehead atoms. The van der Waals surface area contributed by atoms with Crippen molar-refractivity contribution in [2.45, 2.75) is 18.8 Å². The van der Waals surface area contributed by atoms with Crippen molar-refractivity contribution in [1.82, 2.24) is 20.7 Å². The summed E-state index contributed by atoms with van der Waals surface area (Å²) in [6, 6.07) is 7.38. The standard InChI is InChI=1S/C14H15N5O2/c20-13-7-11(10-3-1-2-4-12(10)17-13)14(21)15-6-5-9-8-16-19-18-9/h1-4,8,11H,5-7H2,(H,15,21)(H,17,20)(H,16,18,19)/t11-/m0/s1. The van der Waals surface area contributed by atoms with Crippen molar-refractivity contribution in [3.8, 4) is 0 Å². The number of carbonyl (C=O) groups is 2. The average molecular weight is 285 g/mol. The highest BCUT2D eigenvalue weighted by Gasteiger charge is 2.30. The number of amides is 2. The van der Waals surface area contributed by atoms with Crippen molar-refractivity contribution in [2.75, 3.05) is 11.9 Å². The molecule has 7 nitrogen and oxygen atoms in total. The molecule has 0 fully saturated rings. The molecule has 3 rings (SSSR count). The number of nitrogens with one attached hydrogen (secondary N) is 3. The fourth-order valence-electron chi connectivity index (χ4n) is 2.43. The van der Waals surface area contributed by atoms with Crippen LogP contribution in [-0.4, -0.2) is 33.8 Å². The highest BCUT2D eigenvalue weighted by molar-refractivity contribution is 6.01. The summed E-state index contributed by atoms with van der Waals surface area (Å²) >= 11 is 0. The zero-order valence-corrected chi connectivity index (χ0v) is 11.3. The minimum absolute atomic E-state index is 0.134. The van der Waals surface area contributed by atoms with Crippen LogP contribution in [0.2, 0.25) is 0 Å². The minimum atomic E-state index is -0.438. The van der Waals surface area contributed by atoms with E-state index in [4.69, 9.17) is 0 Å². The largest absolute Gasteiger partial charge is 0.355 e. The molecule has 7 heteroatoms. The maximum Gasteiger partial charge on any atom is 0.228 e. The van der Waals surface area contributed by atoms with Crippen molar-refractivity contribution in [2.24, 2.45) is 0 Å². The van der Waals surface area contributed by atoms with Gasteiger partial charge in [-0.25, -0.2) is 0 Å². The number of para-hydroxylation sites is 1. The Morgan fingerprint density at radius 2 is 2.24 bits per heavy atom. The summed E-state index contributed by atoms with van der Waals surface area (Å²) in [4.78, 5) is 24.0. The van der Waals surface area contributed by atoms with Gasteiger partial charge in [-0.05, 0) is 11.6 Å². The predicted molar refractivity (Wildman–Crippen MR) is 75.5 cm³/mol. The number of aromatic nitrogens is 3. The number of nitrogens with zero attached hydrogens (tertiary/aromatic N) is 2. The first kappa shape index (κ1) is 13.3. The van der Waals surface area contributed by atoms with E-state index in [-0.39, 0.29) is 18.2 Å². The second kappa shape index (κ2) is 5.74. The van der Waals surface area contributed by atoms with Gasteiger partial charge in [0.25, 0.3) is 0 Å². The Kier molecular flexibility index (Phi) is 3.63. The molecule has 1 aromatic carbocycles. The van der Waals surface area contributed by atoms with Gasteiger partial charge in [0.15, 0.2) is 0 Å². The monoisotopic (exact) mass is 285 g/mol. The van der Waals surface area contributed by atoms with Crippen molar-refractivity contribution in [1.29, 1.82) is 0 Å². The first-order valence-corrected chi connectivity index (χ1v) is 6.75. The van der Waals surface area contributed by atoms with Gasteiger partial charge in [0.05, 0.1) is 17.8 Å². The summed E-state index contributed by atoms with van der Waals surface area (Å²) in [5.74, 6) is -0.710. The van der Waals surface area contributed by atoms with E-state index in [1.54, 1.807) is 6.20 Å². The number of H-pyrrole nitrogens is 1. The van der Waals surface area contributed by atoms with Crippen LogP contribution in [0.25, 0.3) is 0 Å². The molecule has 0 spiro atoms. The topological polar surface area (TPSA) is 99.8 Å². The van der Waals surface area contributed by atoms with Gasteiger partial charge < -0.3 is 10.6 Å². The SMILES string of the molecule is O=C1C[C@H](C(=O)NCCc2cn[nH]n2)c2ccccc2N1. The Balaban J connectivity index is 1.65. The maximum absolute atomic E-state index is 12.3. The quantitative estimate of drug-likeness (QED) is 0.765. The number of rotatable bonds is 4. The molecule has 1 aliphatic rings. The number of hydrogen-bond donors (Lipinski definition) is 3. The molecule has 0 saturated heterocycles.